The fraction of sp³-hybridized carbons (Fsp3) is 0.0909. The Morgan fingerprint density at radius 1 is 1.00 bits per heavy atom. The van der Waals surface area contributed by atoms with Crippen molar-refractivity contribution in [1.82, 2.24) is 0 Å². The number of phenols is 2. The van der Waals surface area contributed by atoms with Crippen LogP contribution in [0, 0.1) is 6.92 Å². The number of carbonyl (C=O) groups excluding carboxylic acids is 2. The number of aromatic hydroxyl groups is 2. The predicted molar refractivity (Wildman–Crippen MR) is 61.9 cm³/mol. The van der Waals surface area contributed by atoms with E-state index in [1.54, 1.807) is 0 Å². The van der Waals surface area contributed by atoms with Crippen LogP contribution in [0.1, 0.15) is 26.3 Å². The highest BCUT2D eigenvalue weighted by atomic mass is 35.5. The molecule has 1 aliphatic rings. The molecule has 0 saturated heterocycles. The Bertz CT molecular complexity index is 602. The zero-order chi connectivity index (χ0) is 12.9. The summed E-state index contributed by atoms with van der Waals surface area (Å²) in [5, 5.41) is 18.5. The number of ketones is 2. The molecule has 17 heavy (non-hydrogen) atoms. The zero-order valence-corrected chi connectivity index (χ0v) is 10.1. The molecule has 0 radical (unpaired) electrons. The van der Waals surface area contributed by atoms with E-state index in [2.05, 4.69) is 0 Å². The van der Waals surface area contributed by atoms with E-state index in [-0.39, 0.29) is 22.4 Å². The van der Waals surface area contributed by atoms with Crippen molar-refractivity contribution < 1.29 is 19.8 Å². The number of halogens is 2. The predicted octanol–water partition coefficient (Wildman–Crippen LogP) is 2.47. The monoisotopic (exact) mass is 272 g/mol. The summed E-state index contributed by atoms with van der Waals surface area (Å²) in [7, 11) is 0. The molecule has 0 fully saturated rings. The summed E-state index contributed by atoms with van der Waals surface area (Å²) in [5.41, 5.74) is -0.348. The van der Waals surface area contributed by atoms with Crippen molar-refractivity contribution in [2.45, 2.75) is 6.92 Å². The van der Waals surface area contributed by atoms with Crippen LogP contribution in [0.25, 0.3) is 0 Å². The normalized spacial score (nSPS) is 15.2. The van der Waals surface area contributed by atoms with Gasteiger partial charge in [0.15, 0.2) is 0 Å². The Labute approximate surface area is 106 Å². The molecule has 4 nitrogen and oxygen atoms in total. The molecule has 0 amide bonds. The van der Waals surface area contributed by atoms with E-state index in [9.17, 15) is 19.8 Å². The average Bonchev–Trinajstić information content (AvgIpc) is 2.28. The summed E-state index contributed by atoms with van der Waals surface area (Å²) in [4.78, 5) is 23.6. The maximum atomic E-state index is 11.8. The molecule has 2 N–H and O–H groups in total. The summed E-state index contributed by atoms with van der Waals surface area (Å²) < 4.78 is 0. The van der Waals surface area contributed by atoms with E-state index in [1.165, 1.54) is 13.0 Å². The summed E-state index contributed by atoms with van der Waals surface area (Å²) in [6.45, 7) is 1.49. The molecule has 1 aromatic rings. The Morgan fingerprint density at radius 3 is 2.00 bits per heavy atom. The number of carbonyl (C=O) groups is 2. The average molecular weight is 273 g/mol. The largest absolute Gasteiger partial charge is 0.507 e. The van der Waals surface area contributed by atoms with Gasteiger partial charge in [-0.3, -0.25) is 9.59 Å². The van der Waals surface area contributed by atoms with E-state index in [0.29, 0.717) is 0 Å². The van der Waals surface area contributed by atoms with Crippen LogP contribution in [0.3, 0.4) is 0 Å². The Balaban J connectivity index is 2.90. The number of Topliss-reactive ketones (excluding diaryl/α,β-unsaturated/α-hetero) is 2. The lowest BCUT2D eigenvalue weighted by molar-refractivity contribution is 0.0982. The standard InChI is InChI=1S/C11H6Cl2O4/c1-3-2-4(14)5-6(9(3)15)11(17)8(13)7(12)10(5)16/h2,14-15H,1H3. The lowest BCUT2D eigenvalue weighted by Crippen LogP contribution is -2.18. The van der Waals surface area contributed by atoms with Crippen LogP contribution in [0.15, 0.2) is 16.1 Å². The highest BCUT2D eigenvalue weighted by molar-refractivity contribution is 6.59. The smallest absolute Gasteiger partial charge is 0.210 e. The van der Waals surface area contributed by atoms with Gasteiger partial charge in [0.2, 0.25) is 11.6 Å². The van der Waals surface area contributed by atoms with Gasteiger partial charge in [0, 0.05) is 0 Å². The lowest BCUT2D eigenvalue weighted by atomic mass is 9.91. The minimum absolute atomic E-state index is 0.268. The summed E-state index contributed by atoms with van der Waals surface area (Å²) >= 11 is 11.2. The number of benzene rings is 1. The van der Waals surface area contributed by atoms with Crippen molar-refractivity contribution in [3.05, 3.63) is 32.8 Å². The third-order valence-corrected chi connectivity index (χ3v) is 3.33. The van der Waals surface area contributed by atoms with E-state index in [4.69, 9.17) is 23.2 Å². The van der Waals surface area contributed by atoms with Gasteiger partial charge in [0.1, 0.15) is 21.6 Å². The number of phenolic OH excluding ortho intramolecular Hbond substituents is 2. The molecule has 2 rings (SSSR count). The van der Waals surface area contributed by atoms with Crippen molar-refractivity contribution in [2.24, 2.45) is 0 Å². The molecule has 0 spiro atoms. The second-order valence-electron chi connectivity index (χ2n) is 3.60. The molecule has 0 unspecified atom stereocenters. The summed E-state index contributed by atoms with van der Waals surface area (Å²) in [5.74, 6) is -2.34. The van der Waals surface area contributed by atoms with Gasteiger partial charge < -0.3 is 10.2 Å². The van der Waals surface area contributed by atoms with Gasteiger partial charge in [-0.1, -0.05) is 23.2 Å². The number of rotatable bonds is 0. The molecule has 0 atom stereocenters. The number of aryl methyl sites for hydroxylation is 1. The van der Waals surface area contributed by atoms with Gasteiger partial charge in [-0.25, -0.2) is 0 Å². The summed E-state index contributed by atoms with van der Waals surface area (Å²) in [6, 6.07) is 1.18. The fourth-order valence-corrected chi connectivity index (χ4v) is 2.02. The molecular formula is C11H6Cl2O4. The second-order valence-corrected chi connectivity index (χ2v) is 4.35. The summed E-state index contributed by atoms with van der Waals surface area (Å²) in [6.07, 6.45) is 0. The van der Waals surface area contributed by atoms with Crippen LogP contribution >= 0.6 is 23.2 Å². The fourth-order valence-electron chi connectivity index (χ4n) is 1.66. The van der Waals surface area contributed by atoms with Gasteiger partial charge in [0.25, 0.3) is 0 Å². The van der Waals surface area contributed by atoms with Crippen molar-refractivity contribution >= 4 is 34.8 Å². The topological polar surface area (TPSA) is 74.6 Å². The van der Waals surface area contributed by atoms with Crippen LogP contribution in [-0.4, -0.2) is 21.8 Å². The molecule has 0 heterocycles. The number of allylic oxidation sites excluding steroid dienone is 2. The second kappa shape index (κ2) is 3.75. The van der Waals surface area contributed by atoms with Gasteiger partial charge in [-0.15, -0.1) is 0 Å². The molecular weight excluding hydrogens is 267 g/mol. The lowest BCUT2D eigenvalue weighted by Gasteiger charge is -2.17. The van der Waals surface area contributed by atoms with Crippen LogP contribution in [0.4, 0.5) is 0 Å². The van der Waals surface area contributed by atoms with Crippen molar-refractivity contribution in [1.29, 1.82) is 0 Å². The highest BCUT2D eigenvalue weighted by Crippen LogP contribution is 2.40. The van der Waals surface area contributed by atoms with Crippen LogP contribution in [0.5, 0.6) is 11.5 Å². The first-order valence-electron chi connectivity index (χ1n) is 4.56. The number of hydrogen-bond acceptors (Lipinski definition) is 4. The molecule has 0 bridgehead atoms. The van der Waals surface area contributed by atoms with Crippen molar-refractivity contribution in [3.63, 3.8) is 0 Å². The third kappa shape index (κ3) is 1.52. The zero-order valence-electron chi connectivity index (χ0n) is 8.54. The maximum absolute atomic E-state index is 11.8. The Kier molecular flexibility index (Phi) is 2.64. The molecule has 0 aromatic heterocycles. The van der Waals surface area contributed by atoms with E-state index >= 15 is 0 Å². The van der Waals surface area contributed by atoms with Gasteiger partial charge >= 0.3 is 0 Å². The molecule has 88 valence electrons. The molecule has 0 saturated carbocycles. The van der Waals surface area contributed by atoms with Gasteiger partial charge in [-0.2, -0.15) is 0 Å². The first-order valence-corrected chi connectivity index (χ1v) is 5.32. The van der Waals surface area contributed by atoms with Gasteiger partial charge in [-0.05, 0) is 18.6 Å². The minimum Gasteiger partial charge on any atom is -0.507 e. The quantitative estimate of drug-likeness (QED) is 0.712. The van der Waals surface area contributed by atoms with E-state index < -0.39 is 27.4 Å². The Hall–Kier alpha value is -1.52. The molecule has 1 aromatic carbocycles. The van der Waals surface area contributed by atoms with Crippen molar-refractivity contribution in [2.75, 3.05) is 0 Å². The maximum Gasteiger partial charge on any atom is 0.210 e. The third-order valence-electron chi connectivity index (χ3n) is 2.52. The van der Waals surface area contributed by atoms with E-state index in [0.717, 1.165) is 0 Å². The molecule has 0 aliphatic heterocycles. The van der Waals surface area contributed by atoms with Crippen molar-refractivity contribution in [3.8, 4) is 11.5 Å². The van der Waals surface area contributed by atoms with Crippen LogP contribution < -0.4 is 0 Å². The first kappa shape index (κ1) is 12.0. The highest BCUT2D eigenvalue weighted by Gasteiger charge is 2.35. The number of fused-ring (bicyclic) bond motifs is 1. The minimum atomic E-state index is -0.779. The Morgan fingerprint density at radius 2 is 1.47 bits per heavy atom. The van der Waals surface area contributed by atoms with E-state index in [1.807, 2.05) is 0 Å². The van der Waals surface area contributed by atoms with Crippen LogP contribution in [-0.2, 0) is 0 Å². The van der Waals surface area contributed by atoms with Gasteiger partial charge in [0.05, 0.1) is 11.1 Å². The first-order chi connectivity index (χ1) is 7.86. The molecule has 1 aliphatic carbocycles. The molecule has 6 heteroatoms. The SMILES string of the molecule is Cc1cc(O)c2c(c1O)C(=O)C(Cl)=C(Cl)C2=O. The number of hydrogen-bond donors (Lipinski definition) is 2. The van der Waals surface area contributed by atoms with Crippen LogP contribution in [0.2, 0.25) is 0 Å².